The summed E-state index contributed by atoms with van der Waals surface area (Å²) in [5.41, 5.74) is 5.51. The van der Waals surface area contributed by atoms with Crippen molar-refractivity contribution in [1.29, 1.82) is 0 Å². The molecular formula is C10H10ClN3O2. The lowest BCUT2D eigenvalue weighted by molar-refractivity contribution is 0.476. The molecule has 0 spiro atoms. The zero-order chi connectivity index (χ0) is 11.7. The van der Waals surface area contributed by atoms with Crippen LogP contribution in [0.2, 0.25) is 5.28 Å². The maximum absolute atomic E-state index is 12.0. The largest absolute Gasteiger partial charge is 0.508 e. The van der Waals surface area contributed by atoms with Gasteiger partial charge in [-0.1, -0.05) is 0 Å². The minimum absolute atomic E-state index is 0.0482. The summed E-state index contributed by atoms with van der Waals surface area (Å²) in [6, 6.07) is 4.35. The topological polar surface area (TPSA) is 81.1 Å². The number of aromatic nitrogens is 2. The van der Waals surface area contributed by atoms with Crippen molar-refractivity contribution in [1.82, 2.24) is 9.55 Å². The fourth-order valence-electron chi connectivity index (χ4n) is 1.51. The quantitative estimate of drug-likeness (QED) is 0.757. The van der Waals surface area contributed by atoms with E-state index in [2.05, 4.69) is 4.98 Å². The molecule has 0 atom stereocenters. The van der Waals surface area contributed by atoms with Crippen LogP contribution < -0.4 is 11.3 Å². The van der Waals surface area contributed by atoms with E-state index in [1.807, 2.05) is 0 Å². The molecule has 1 aromatic heterocycles. The van der Waals surface area contributed by atoms with Crippen molar-refractivity contribution in [3.05, 3.63) is 33.8 Å². The Kier molecular flexibility index (Phi) is 2.80. The molecule has 0 aliphatic heterocycles. The van der Waals surface area contributed by atoms with Gasteiger partial charge in [-0.2, -0.15) is 0 Å². The first-order valence-corrected chi connectivity index (χ1v) is 5.10. The van der Waals surface area contributed by atoms with Gasteiger partial charge in [0.1, 0.15) is 5.75 Å². The van der Waals surface area contributed by atoms with Crippen molar-refractivity contribution < 1.29 is 5.11 Å². The highest BCUT2D eigenvalue weighted by atomic mass is 35.5. The average Bonchev–Trinajstić information content (AvgIpc) is 2.23. The van der Waals surface area contributed by atoms with Crippen LogP contribution in [0.1, 0.15) is 0 Å². The van der Waals surface area contributed by atoms with Crippen molar-refractivity contribution in [3.8, 4) is 5.75 Å². The number of benzene rings is 1. The molecule has 0 fully saturated rings. The summed E-state index contributed by atoms with van der Waals surface area (Å²) in [6.07, 6.45) is 0. The Morgan fingerprint density at radius 2 is 2.25 bits per heavy atom. The number of halogens is 1. The Morgan fingerprint density at radius 1 is 1.50 bits per heavy atom. The zero-order valence-electron chi connectivity index (χ0n) is 8.35. The van der Waals surface area contributed by atoms with E-state index in [9.17, 15) is 9.90 Å². The summed E-state index contributed by atoms with van der Waals surface area (Å²) in [5.74, 6) is 0.0482. The van der Waals surface area contributed by atoms with Crippen LogP contribution >= 0.6 is 11.6 Å². The van der Waals surface area contributed by atoms with Crippen LogP contribution in [0.15, 0.2) is 23.0 Å². The molecule has 16 heavy (non-hydrogen) atoms. The van der Waals surface area contributed by atoms with Crippen LogP contribution in [0, 0.1) is 0 Å². The molecule has 0 amide bonds. The van der Waals surface area contributed by atoms with E-state index >= 15 is 0 Å². The second-order valence-electron chi connectivity index (χ2n) is 3.33. The fraction of sp³-hybridized carbons (Fsp3) is 0.200. The van der Waals surface area contributed by atoms with Crippen LogP contribution in [0.5, 0.6) is 5.75 Å². The number of nitrogens with zero attached hydrogens (tertiary/aromatic N) is 2. The third-order valence-electron chi connectivity index (χ3n) is 2.25. The van der Waals surface area contributed by atoms with Crippen molar-refractivity contribution in [2.24, 2.45) is 5.73 Å². The van der Waals surface area contributed by atoms with Crippen molar-refractivity contribution in [2.75, 3.05) is 6.54 Å². The number of nitrogens with two attached hydrogens (primary N) is 1. The first kappa shape index (κ1) is 10.9. The first-order chi connectivity index (χ1) is 7.63. The van der Waals surface area contributed by atoms with Crippen molar-refractivity contribution in [2.45, 2.75) is 6.54 Å². The van der Waals surface area contributed by atoms with Gasteiger partial charge in [0, 0.05) is 19.2 Å². The smallest absolute Gasteiger partial charge is 0.262 e. The van der Waals surface area contributed by atoms with E-state index in [1.54, 1.807) is 0 Å². The summed E-state index contributed by atoms with van der Waals surface area (Å²) < 4.78 is 1.31. The summed E-state index contributed by atoms with van der Waals surface area (Å²) >= 11 is 5.85. The third-order valence-corrected chi connectivity index (χ3v) is 2.53. The maximum atomic E-state index is 12.0. The fourth-order valence-corrected chi connectivity index (χ4v) is 1.76. The highest BCUT2D eigenvalue weighted by molar-refractivity contribution is 6.28. The van der Waals surface area contributed by atoms with Gasteiger partial charge in [0.2, 0.25) is 5.28 Å². The third kappa shape index (κ3) is 1.75. The van der Waals surface area contributed by atoms with Crippen LogP contribution in [0.25, 0.3) is 10.9 Å². The van der Waals surface area contributed by atoms with Gasteiger partial charge < -0.3 is 10.8 Å². The molecule has 0 radical (unpaired) electrons. The second-order valence-corrected chi connectivity index (χ2v) is 3.67. The Balaban J connectivity index is 2.78. The number of phenols is 1. The summed E-state index contributed by atoms with van der Waals surface area (Å²) in [7, 11) is 0. The maximum Gasteiger partial charge on any atom is 0.262 e. The number of aromatic hydroxyl groups is 1. The SMILES string of the molecule is NCCn1c(Cl)nc2cc(O)ccc2c1=O. The molecule has 2 aromatic rings. The molecule has 3 N–H and O–H groups in total. The Labute approximate surface area is 96.1 Å². The highest BCUT2D eigenvalue weighted by Crippen LogP contribution is 2.17. The lowest BCUT2D eigenvalue weighted by Gasteiger charge is -2.07. The van der Waals surface area contributed by atoms with Gasteiger partial charge in [0.05, 0.1) is 10.9 Å². The number of phenolic OH excluding ortho intramolecular Hbond substituents is 1. The van der Waals surface area contributed by atoms with E-state index in [0.717, 1.165) is 0 Å². The molecule has 1 heterocycles. The minimum Gasteiger partial charge on any atom is -0.508 e. The summed E-state index contributed by atoms with van der Waals surface area (Å²) in [6.45, 7) is 0.631. The molecular weight excluding hydrogens is 230 g/mol. The Bertz CT molecular complexity index is 594. The molecule has 84 valence electrons. The van der Waals surface area contributed by atoms with Crippen LogP contribution in [0.3, 0.4) is 0 Å². The van der Waals surface area contributed by atoms with Gasteiger partial charge in [-0.15, -0.1) is 0 Å². The van der Waals surface area contributed by atoms with Crippen LogP contribution in [0.4, 0.5) is 0 Å². The minimum atomic E-state index is -0.250. The summed E-state index contributed by atoms with van der Waals surface area (Å²) in [5, 5.41) is 9.76. The van der Waals surface area contributed by atoms with E-state index in [1.165, 1.54) is 22.8 Å². The highest BCUT2D eigenvalue weighted by Gasteiger charge is 2.08. The lowest BCUT2D eigenvalue weighted by Crippen LogP contribution is -2.25. The normalized spacial score (nSPS) is 10.9. The molecule has 0 bridgehead atoms. The number of hydrogen-bond acceptors (Lipinski definition) is 4. The second kappa shape index (κ2) is 4.11. The van der Waals surface area contributed by atoms with E-state index in [0.29, 0.717) is 24.0 Å². The van der Waals surface area contributed by atoms with Crippen molar-refractivity contribution in [3.63, 3.8) is 0 Å². The molecule has 0 unspecified atom stereocenters. The number of hydrogen-bond donors (Lipinski definition) is 2. The predicted molar refractivity (Wildman–Crippen MR) is 61.7 cm³/mol. The predicted octanol–water partition coefficient (Wildman–Crippen LogP) is 0.714. The van der Waals surface area contributed by atoms with Crippen LogP contribution in [-0.2, 0) is 6.54 Å². The van der Waals surface area contributed by atoms with Gasteiger partial charge in [0.15, 0.2) is 0 Å². The van der Waals surface area contributed by atoms with E-state index in [4.69, 9.17) is 17.3 Å². The molecule has 0 aliphatic rings. The van der Waals surface area contributed by atoms with Gasteiger partial charge in [-0.3, -0.25) is 9.36 Å². The Morgan fingerprint density at radius 3 is 2.94 bits per heavy atom. The zero-order valence-corrected chi connectivity index (χ0v) is 9.11. The monoisotopic (exact) mass is 239 g/mol. The molecule has 2 rings (SSSR count). The van der Waals surface area contributed by atoms with Gasteiger partial charge in [-0.05, 0) is 23.7 Å². The van der Waals surface area contributed by atoms with E-state index in [-0.39, 0.29) is 16.6 Å². The van der Waals surface area contributed by atoms with Gasteiger partial charge in [0.25, 0.3) is 5.56 Å². The lowest BCUT2D eigenvalue weighted by atomic mass is 10.2. The van der Waals surface area contributed by atoms with Gasteiger partial charge >= 0.3 is 0 Å². The Hall–Kier alpha value is -1.59. The molecule has 1 aromatic carbocycles. The van der Waals surface area contributed by atoms with Crippen molar-refractivity contribution >= 4 is 22.5 Å². The van der Waals surface area contributed by atoms with Crippen LogP contribution in [-0.4, -0.2) is 21.2 Å². The molecule has 0 aliphatic carbocycles. The van der Waals surface area contributed by atoms with Gasteiger partial charge in [-0.25, -0.2) is 4.98 Å². The molecule has 0 saturated heterocycles. The number of fused-ring (bicyclic) bond motifs is 1. The first-order valence-electron chi connectivity index (χ1n) is 4.72. The molecule has 6 heteroatoms. The molecule has 5 nitrogen and oxygen atoms in total. The average molecular weight is 240 g/mol. The number of rotatable bonds is 2. The van der Waals surface area contributed by atoms with E-state index < -0.39 is 0 Å². The molecule has 0 saturated carbocycles. The standard InChI is InChI=1S/C10H10ClN3O2/c11-10-13-8-5-6(15)1-2-7(8)9(16)14(10)4-3-12/h1-2,5,15H,3-4,12H2. The summed E-state index contributed by atoms with van der Waals surface area (Å²) in [4.78, 5) is 16.0.